The first-order valence-corrected chi connectivity index (χ1v) is 5.93. The Morgan fingerprint density at radius 1 is 1.56 bits per heavy atom. The van der Waals surface area contributed by atoms with Gasteiger partial charge in [-0.2, -0.15) is 0 Å². The van der Waals surface area contributed by atoms with Crippen LogP contribution in [0.15, 0.2) is 12.5 Å². The van der Waals surface area contributed by atoms with Crippen molar-refractivity contribution in [2.75, 3.05) is 20.2 Å². The van der Waals surface area contributed by atoms with E-state index < -0.39 is 6.10 Å². The van der Waals surface area contributed by atoms with Crippen LogP contribution < -0.4 is 0 Å². The zero-order chi connectivity index (χ0) is 13.5. The van der Waals surface area contributed by atoms with Crippen LogP contribution in [-0.2, 0) is 6.42 Å². The second-order valence-electron chi connectivity index (χ2n) is 4.16. The molecule has 0 aliphatic carbocycles. The lowest BCUT2D eigenvalue weighted by molar-refractivity contribution is 0.0519. The molecular formula is C12H19N3O3. The summed E-state index contributed by atoms with van der Waals surface area (Å²) in [5.74, 6) is -0.244. The molecule has 1 rings (SSSR count). The Hall–Kier alpha value is -1.53. The number of aliphatic hydroxyl groups excluding tert-OH is 2. The van der Waals surface area contributed by atoms with E-state index in [1.54, 1.807) is 7.05 Å². The molecule has 0 saturated carbocycles. The van der Waals surface area contributed by atoms with Crippen molar-refractivity contribution in [3.63, 3.8) is 0 Å². The molecule has 1 aromatic rings. The van der Waals surface area contributed by atoms with Crippen LogP contribution in [0.4, 0.5) is 0 Å². The maximum atomic E-state index is 12.1. The zero-order valence-electron chi connectivity index (χ0n) is 10.7. The predicted molar refractivity (Wildman–Crippen MR) is 66.1 cm³/mol. The summed E-state index contributed by atoms with van der Waals surface area (Å²) >= 11 is 0. The number of carbonyl (C=O) groups excluding carboxylic acids is 1. The zero-order valence-corrected chi connectivity index (χ0v) is 10.7. The highest BCUT2D eigenvalue weighted by atomic mass is 16.3. The normalized spacial score (nSPS) is 12.2. The molecule has 1 aromatic heterocycles. The highest BCUT2D eigenvalue weighted by Gasteiger charge is 2.18. The van der Waals surface area contributed by atoms with Gasteiger partial charge in [-0.15, -0.1) is 0 Å². The predicted octanol–water partition coefficient (Wildman–Crippen LogP) is -0.146. The number of amides is 1. The highest BCUT2D eigenvalue weighted by Crippen LogP contribution is 2.09. The number of rotatable bonds is 6. The minimum absolute atomic E-state index is 0.0792. The summed E-state index contributed by atoms with van der Waals surface area (Å²) in [4.78, 5) is 21.5. The molecule has 1 atom stereocenters. The van der Waals surface area contributed by atoms with Crippen molar-refractivity contribution >= 4 is 5.91 Å². The van der Waals surface area contributed by atoms with E-state index in [9.17, 15) is 9.90 Å². The number of likely N-dealkylation sites (N-methyl/N-ethyl adjacent to an activating group) is 1. The number of nitrogens with zero attached hydrogens (tertiary/aromatic N) is 3. The van der Waals surface area contributed by atoms with Gasteiger partial charge in [0, 0.05) is 19.8 Å². The molecule has 6 nitrogen and oxygen atoms in total. The smallest absolute Gasteiger partial charge is 0.257 e. The first kappa shape index (κ1) is 14.5. The summed E-state index contributed by atoms with van der Waals surface area (Å²) in [7, 11) is 1.57. The summed E-state index contributed by atoms with van der Waals surface area (Å²) in [6.07, 6.45) is 3.57. The molecule has 0 aromatic carbocycles. The minimum atomic E-state index is -0.932. The van der Waals surface area contributed by atoms with E-state index in [1.165, 1.54) is 17.4 Å². The maximum Gasteiger partial charge on any atom is 0.257 e. The van der Waals surface area contributed by atoms with Crippen LogP contribution in [0.5, 0.6) is 0 Å². The van der Waals surface area contributed by atoms with E-state index in [0.717, 1.165) is 6.42 Å². The summed E-state index contributed by atoms with van der Waals surface area (Å²) in [6.45, 7) is 1.72. The quantitative estimate of drug-likeness (QED) is 0.736. The molecule has 6 heteroatoms. The Labute approximate surface area is 106 Å². The fraction of sp³-hybridized carbons (Fsp3) is 0.583. The van der Waals surface area contributed by atoms with Gasteiger partial charge in [0.2, 0.25) is 0 Å². The molecule has 0 unspecified atom stereocenters. The summed E-state index contributed by atoms with van der Waals surface area (Å²) in [6, 6.07) is 0. The average Bonchev–Trinajstić information content (AvgIpc) is 2.38. The number of aliphatic hydroxyl groups is 2. The summed E-state index contributed by atoms with van der Waals surface area (Å²) in [5, 5.41) is 18.1. The lowest BCUT2D eigenvalue weighted by Crippen LogP contribution is -2.36. The fourth-order valence-corrected chi connectivity index (χ4v) is 1.63. The van der Waals surface area contributed by atoms with Crippen LogP contribution in [0.25, 0.3) is 0 Å². The van der Waals surface area contributed by atoms with E-state index in [1.807, 2.05) is 6.92 Å². The third kappa shape index (κ3) is 3.75. The van der Waals surface area contributed by atoms with Crippen molar-refractivity contribution in [3.05, 3.63) is 23.8 Å². The van der Waals surface area contributed by atoms with Crippen LogP contribution in [0.1, 0.15) is 29.4 Å². The molecule has 2 N–H and O–H groups in total. The van der Waals surface area contributed by atoms with Gasteiger partial charge >= 0.3 is 0 Å². The van der Waals surface area contributed by atoms with Crippen LogP contribution in [0, 0.1) is 0 Å². The second-order valence-corrected chi connectivity index (χ2v) is 4.16. The molecule has 0 aliphatic rings. The van der Waals surface area contributed by atoms with Crippen molar-refractivity contribution < 1.29 is 15.0 Å². The van der Waals surface area contributed by atoms with Gasteiger partial charge in [-0.3, -0.25) is 4.79 Å². The Balaban J connectivity index is 2.82. The third-order valence-electron chi connectivity index (χ3n) is 2.55. The van der Waals surface area contributed by atoms with E-state index >= 15 is 0 Å². The SMILES string of the molecule is CCCc1ncncc1C(=O)N(C)C[C@H](O)CO. The van der Waals surface area contributed by atoms with Crippen LogP contribution in [-0.4, -0.2) is 57.3 Å². The van der Waals surface area contributed by atoms with Crippen LogP contribution in [0.2, 0.25) is 0 Å². The number of hydrogen-bond acceptors (Lipinski definition) is 5. The van der Waals surface area contributed by atoms with E-state index in [0.29, 0.717) is 17.7 Å². The summed E-state index contributed by atoms with van der Waals surface area (Å²) in [5.41, 5.74) is 1.16. The maximum absolute atomic E-state index is 12.1. The van der Waals surface area contributed by atoms with Gasteiger partial charge in [-0.05, 0) is 6.42 Å². The minimum Gasteiger partial charge on any atom is -0.394 e. The van der Waals surface area contributed by atoms with E-state index in [-0.39, 0.29) is 19.1 Å². The molecule has 100 valence electrons. The molecule has 0 spiro atoms. The Kier molecular flexibility index (Phi) is 5.67. The molecular weight excluding hydrogens is 234 g/mol. The molecule has 0 fully saturated rings. The number of aromatic nitrogens is 2. The highest BCUT2D eigenvalue weighted by molar-refractivity contribution is 5.94. The lowest BCUT2D eigenvalue weighted by atomic mass is 10.1. The van der Waals surface area contributed by atoms with Crippen molar-refractivity contribution in [2.24, 2.45) is 0 Å². The molecule has 18 heavy (non-hydrogen) atoms. The van der Waals surface area contributed by atoms with E-state index in [4.69, 9.17) is 5.11 Å². The lowest BCUT2D eigenvalue weighted by Gasteiger charge is -2.20. The Morgan fingerprint density at radius 3 is 2.89 bits per heavy atom. The Bertz CT molecular complexity index is 398. The fourth-order valence-electron chi connectivity index (χ4n) is 1.63. The van der Waals surface area contributed by atoms with Gasteiger partial charge < -0.3 is 15.1 Å². The van der Waals surface area contributed by atoms with Crippen LogP contribution >= 0.6 is 0 Å². The first-order chi connectivity index (χ1) is 8.60. The molecule has 1 heterocycles. The van der Waals surface area contributed by atoms with Gasteiger partial charge in [-0.1, -0.05) is 13.3 Å². The van der Waals surface area contributed by atoms with Gasteiger partial charge in [0.25, 0.3) is 5.91 Å². The van der Waals surface area contributed by atoms with Crippen molar-refractivity contribution in [1.82, 2.24) is 14.9 Å². The molecule has 0 radical (unpaired) electrons. The van der Waals surface area contributed by atoms with Crippen LogP contribution in [0.3, 0.4) is 0 Å². The Morgan fingerprint density at radius 2 is 2.28 bits per heavy atom. The van der Waals surface area contributed by atoms with Gasteiger partial charge in [0.15, 0.2) is 0 Å². The number of carbonyl (C=O) groups is 1. The number of aryl methyl sites for hydroxylation is 1. The molecule has 0 aliphatic heterocycles. The third-order valence-corrected chi connectivity index (χ3v) is 2.55. The van der Waals surface area contributed by atoms with Crippen molar-refractivity contribution in [1.29, 1.82) is 0 Å². The topological polar surface area (TPSA) is 86.6 Å². The average molecular weight is 253 g/mol. The molecule has 1 amide bonds. The van der Waals surface area contributed by atoms with Gasteiger partial charge in [0.05, 0.1) is 24.0 Å². The molecule has 0 saturated heterocycles. The van der Waals surface area contributed by atoms with Gasteiger partial charge in [0.1, 0.15) is 6.33 Å². The first-order valence-electron chi connectivity index (χ1n) is 5.93. The van der Waals surface area contributed by atoms with Gasteiger partial charge in [-0.25, -0.2) is 9.97 Å². The summed E-state index contributed by atoms with van der Waals surface area (Å²) < 4.78 is 0. The largest absolute Gasteiger partial charge is 0.394 e. The van der Waals surface area contributed by atoms with Crippen molar-refractivity contribution in [3.8, 4) is 0 Å². The standard InChI is InChI=1S/C12H19N3O3/c1-3-4-11-10(5-13-8-14-11)12(18)15(2)6-9(17)7-16/h5,8-9,16-17H,3-4,6-7H2,1-2H3/t9-/m0/s1. The monoisotopic (exact) mass is 253 g/mol. The van der Waals surface area contributed by atoms with Crippen molar-refractivity contribution in [2.45, 2.75) is 25.9 Å². The molecule has 0 bridgehead atoms. The van der Waals surface area contributed by atoms with E-state index in [2.05, 4.69) is 9.97 Å². The number of hydrogen-bond donors (Lipinski definition) is 2. The second kappa shape index (κ2) is 7.03.